The van der Waals surface area contributed by atoms with Gasteiger partial charge in [-0.15, -0.1) is 0 Å². The van der Waals surface area contributed by atoms with E-state index in [-0.39, 0.29) is 5.60 Å². The van der Waals surface area contributed by atoms with Gasteiger partial charge in [-0.2, -0.15) is 0 Å². The van der Waals surface area contributed by atoms with Crippen molar-refractivity contribution in [2.24, 2.45) is 5.92 Å². The van der Waals surface area contributed by atoms with E-state index < -0.39 is 5.60 Å². The van der Waals surface area contributed by atoms with E-state index >= 15 is 0 Å². The van der Waals surface area contributed by atoms with Crippen LogP contribution in [0.15, 0.2) is 0 Å². The maximum atomic E-state index is 10.4. The molecule has 1 aliphatic heterocycles. The maximum absolute atomic E-state index is 10.4. The first kappa shape index (κ1) is 12.0. The molecule has 1 fully saturated rings. The lowest BCUT2D eigenvalue weighted by Crippen LogP contribution is -2.46. The van der Waals surface area contributed by atoms with Gasteiger partial charge in [0.15, 0.2) is 0 Å². The molecule has 0 saturated carbocycles. The van der Waals surface area contributed by atoms with Crippen molar-refractivity contribution < 1.29 is 9.84 Å². The maximum Gasteiger partial charge on any atom is 0.0699 e. The predicted molar refractivity (Wildman–Crippen MR) is 58.3 cm³/mol. The summed E-state index contributed by atoms with van der Waals surface area (Å²) >= 11 is 0. The largest absolute Gasteiger partial charge is 0.390 e. The fourth-order valence-corrected chi connectivity index (χ4v) is 2.42. The van der Waals surface area contributed by atoms with E-state index in [0.717, 1.165) is 25.7 Å². The second kappa shape index (κ2) is 4.19. The molecule has 1 saturated heterocycles. The molecule has 0 bridgehead atoms. The Labute approximate surface area is 87.7 Å². The summed E-state index contributed by atoms with van der Waals surface area (Å²) in [5.41, 5.74) is -0.641. The Morgan fingerprint density at radius 2 is 2.07 bits per heavy atom. The van der Waals surface area contributed by atoms with Crippen LogP contribution in [0.25, 0.3) is 0 Å². The molecule has 14 heavy (non-hydrogen) atoms. The van der Waals surface area contributed by atoms with E-state index in [9.17, 15) is 5.11 Å². The van der Waals surface area contributed by atoms with Gasteiger partial charge in [0.05, 0.1) is 17.8 Å². The second-order valence-corrected chi connectivity index (χ2v) is 5.48. The summed E-state index contributed by atoms with van der Waals surface area (Å²) in [5.74, 6) is 0.605. The molecule has 1 N–H and O–H groups in total. The minimum Gasteiger partial charge on any atom is -0.390 e. The SMILES string of the molecule is CCC(C)CC1(O)CCOC(C)(C)C1. The van der Waals surface area contributed by atoms with Crippen LogP contribution in [-0.4, -0.2) is 22.9 Å². The minimum absolute atomic E-state index is 0.152. The summed E-state index contributed by atoms with van der Waals surface area (Å²) in [6.45, 7) is 9.21. The molecule has 1 heterocycles. The molecule has 2 atom stereocenters. The van der Waals surface area contributed by atoms with Crippen LogP contribution in [0.5, 0.6) is 0 Å². The Morgan fingerprint density at radius 3 is 2.57 bits per heavy atom. The highest BCUT2D eigenvalue weighted by Crippen LogP contribution is 2.36. The van der Waals surface area contributed by atoms with Gasteiger partial charge in [0.25, 0.3) is 0 Å². The summed E-state index contributed by atoms with van der Waals surface area (Å²) < 4.78 is 5.62. The van der Waals surface area contributed by atoms with Gasteiger partial charge in [-0.3, -0.25) is 0 Å². The summed E-state index contributed by atoms with van der Waals surface area (Å²) in [5, 5.41) is 10.4. The van der Waals surface area contributed by atoms with E-state index in [4.69, 9.17) is 4.74 Å². The summed E-state index contributed by atoms with van der Waals surface area (Å²) in [7, 11) is 0. The molecule has 1 rings (SSSR count). The fraction of sp³-hybridized carbons (Fsp3) is 1.00. The van der Waals surface area contributed by atoms with Crippen molar-refractivity contribution in [3.63, 3.8) is 0 Å². The lowest BCUT2D eigenvalue weighted by molar-refractivity contribution is -0.150. The quantitative estimate of drug-likeness (QED) is 0.759. The molecule has 84 valence electrons. The molecule has 0 radical (unpaired) electrons. The first-order valence-corrected chi connectivity index (χ1v) is 5.73. The van der Waals surface area contributed by atoms with Crippen molar-refractivity contribution in [1.29, 1.82) is 0 Å². The highest BCUT2D eigenvalue weighted by atomic mass is 16.5. The molecule has 0 aromatic rings. The predicted octanol–water partition coefficient (Wildman–Crippen LogP) is 2.74. The number of aliphatic hydroxyl groups is 1. The number of hydrogen-bond donors (Lipinski definition) is 1. The summed E-state index contributed by atoms with van der Waals surface area (Å²) in [4.78, 5) is 0. The van der Waals surface area contributed by atoms with Crippen molar-refractivity contribution in [3.8, 4) is 0 Å². The smallest absolute Gasteiger partial charge is 0.0699 e. The molecule has 0 aromatic heterocycles. The van der Waals surface area contributed by atoms with Gasteiger partial charge in [0.1, 0.15) is 0 Å². The van der Waals surface area contributed by atoms with Gasteiger partial charge in [-0.05, 0) is 32.6 Å². The van der Waals surface area contributed by atoms with Crippen molar-refractivity contribution in [2.75, 3.05) is 6.61 Å². The zero-order valence-corrected chi connectivity index (χ0v) is 9.97. The van der Waals surface area contributed by atoms with Gasteiger partial charge >= 0.3 is 0 Å². The van der Waals surface area contributed by atoms with Crippen LogP contribution < -0.4 is 0 Å². The third-order valence-electron chi connectivity index (χ3n) is 3.24. The zero-order valence-electron chi connectivity index (χ0n) is 9.97. The summed E-state index contributed by atoms with van der Waals surface area (Å²) in [6.07, 6.45) is 3.62. The van der Waals surface area contributed by atoms with E-state index in [1.165, 1.54) is 0 Å². The molecule has 2 unspecified atom stereocenters. The van der Waals surface area contributed by atoms with E-state index in [0.29, 0.717) is 12.5 Å². The van der Waals surface area contributed by atoms with Gasteiger partial charge in [0, 0.05) is 6.42 Å². The Kier molecular flexibility index (Phi) is 3.59. The van der Waals surface area contributed by atoms with Crippen LogP contribution in [0.3, 0.4) is 0 Å². The molecule has 0 amide bonds. The third-order valence-corrected chi connectivity index (χ3v) is 3.24. The van der Waals surface area contributed by atoms with Crippen LogP contribution in [0.4, 0.5) is 0 Å². The molecule has 0 spiro atoms. The molecular formula is C12H24O2. The minimum atomic E-state index is -0.489. The van der Waals surface area contributed by atoms with Crippen molar-refractivity contribution in [1.82, 2.24) is 0 Å². The van der Waals surface area contributed by atoms with Gasteiger partial charge in [-0.1, -0.05) is 20.3 Å². The van der Waals surface area contributed by atoms with Crippen LogP contribution in [0.2, 0.25) is 0 Å². The normalized spacial score (nSPS) is 34.1. The molecule has 2 heteroatoms. The van der Waals surface area contributed by atoms with Gasteiger partial charge in [-0.25, -0.2) is 0 Å². The Hall–Kier alpha value is -0.0800. The molecule has 0 aliphatic carbocycles. The third kappa shape index (κ3) is 3.25. The standard InChI is InChI=1S/C12H24O2/c1-5-10(2)8-12(13)6-7-14-11(3,4)9-12/h10,13H,5-9H2,1-4H3. The van der Waals surface area contributed by atoms with E-state index in [1.807, 2.05) is 0 Å². The van der Waals surface area contributed by atoms with Crippen molar-refractivity contribution >= 4 is 0 Å². The van der Waals surface area contributed by atoms with E-state index in [2.05, 4.69) is 27.7 Å². The monoisotopic (exact) mass is 200 g/mol. The molecular weight excluding hydrogens is 176 g/mol. The van der Waals surface area contributed by atoms with Crippen LogP contribution in [0.1, 0.15) is 53.4 Å². The van der Waals surface area contributed by atoms with Gasteiger partial charge < -0.3 is 9.84 Å². The highest BCUT2D eigenvalue weighted by Gasteiger charge is 2.39. The van der Waals surface area contributed by atoms with Crippen LogP contribution in [0, 0.1) is 5.92 Å². The topological polar surface area (TPSA) is 29.5 Å². The van der Waals surface area contributed by atoms with E-state index in [1.54, 1.807) is 0 Å². The summed E-state index contributed by atoms with van der Waals surface area (Å²) in [6, 6.07) is 0. The Morgan fingerprint density at radius 1 is 1.43 bits per heavy atom. The molecule has 0 aromatic carbocycles. The fourth-order valence-electron chi connectivity index (χ4n) is 2.42. The molecule has 1 aliphatic rings. The molecule has 2 nitrogen and oxygen atoms in total. The Balaban J connectivity index is 2.55. The number of rotatable bonds is 3. The average molecular weight is 200 g/mol. The lowest BCUT2D eigenvalue weighted by Gasteiger charge is -2.42. The zero-order chi connectivity index (χ0) is 10.8. The Bertz CT molecular complexity index is 189. The van der Waals surface area contributed by atoms with Crippen LogP contribution in [-0.2, 0) is 4.74 Å². The first-order chi connectivity index (χ1) is 6.37. The van der Waals surface area contributed by atoms with Crippen molar-refractivity contribution in [2.45, 2.75) is 64.6 Å². The highest BCUT2D eigenvalue weighted by molar-refractivity contribution is 4.91. The lowest BCUT2D eigenvalue weighted by atomic mass is 9.78. The first-order valence-electron chi connectivity index (χ1n) is 5.73. The number of hydrogen-bond acceptors (Lipinski definition) is 2. The van der Waals surface area contributed by atoms with Crippen LogP contribution >= 0.6 is 0 Å². The van der Waals surface area contributed by atoms with Gasteiger partial charge in [0.2, 0.25) is 0 Å². The second-order valence-electron chi connectivity index (χ2n) is 5.48. The average Bonchev–Trinajstić information content (AvgIpc) is 2.00. The number of ether oxygens (including phenoxy) is 1. The van der Waals surface area contributed by atoms with Crippen molar-refractivity contribution in [3.05, 3.63) is 0 Å².